The zero-order valence-corrected chi connectivity index (χ0v) is 15.0. The summed E-state index contributed by atoms with van der Waals surface area (Å²) >= 11 is 1.56. The number of thiophene rings is 1. The van der Waals surface area contributed by atoms with Crippen LogP contribution in [0.3, 0.4) is 0 Å². The van der Waals surface area contributed by atoms with Crippen LogP contribution >= 0.6 is 11.3 Å². The molecule has 25 heavy (non-hydrogen) atoms. The van der Waals surface area contributed by atoms with Gasteiger partial charge in [0, 0.05) is 42.4 Å². The van der Waals surface area contributed by atoms with E-state index in [1.165, 1.54) is 4.88 Å². The van der Waals surface area contributed by atoms with E-state index in [4.69, 9.17) is 4.74 Å². The monoisotopic (exact) mass is 352 g/mol. The van der Waals surface area contributed by atoms with Gasteiger partial charge in [-0.05, 0) is 31.2 Å². The Balaban J connectivity index is 1.41. The van der Waals surface area contributed by atoms with Gasteiger partial charge in [0.05, 0.1) is 4.88 Å². The maximum atomic E-state index is 12.5. The largest absolute Gasteiger partial charge is 0.488 e. The molecule has 5 heteroatoms. The summed E-state index contributed by atoms with van der Waals surface area (Å²) in [5.41, 5.74) is 0.901. The van der Waals surface area contributed by atoms with E-state index in [1.807, 2.05) is 54.3 Å². The summed E-state index contributed by atoms with van der Waals surface area (Å²) in [4.78, 5) is 20.9. The number of piperidine rings is 1. The van der Waals surface area contributed by atoms with E-state index in [0.717, 1.165) is 47.5 Å². The summed E-state index contributed by atoms with van der Waals surface area (Å²) in [6, 6.07) is 13.9. The lowest BCUT2D eigenvalue weighted by Gasteiger charge is -2.32. The first-order valence-corrected chi connectivity index (χ1v) is 9.38. The van der Waals surface area contributed by atoms with Crippen LogP contribution in [0, 0.1) is 6.92 Å². The lowest BCUT2D eigenvalue weighted by molar-refractivity contribution is 0.0602. The van der Waals surface area contributed by atoms with Crippen LogP contribution < -0.4 is 4.74 Å². The maximum Gasteiger partial charge on any atom is 0.263 e. The molecule has 0 radical (unpaired) electrons. The Morgan fingerprint density at radius 2 is 1.96 bits per heavy atom. The summed E-state index contributed by atoms with van der Waals surface area (Å²) in [5, 5.41) is 1.08. The Kier molecular flexibility index (Phi) is 4.40. The predicted octanol–water partition coefficient (Wildman–Crippen LogP) is 4.29. The number of aryl methyl sites for hydroxylation is 1. The molecule has 0 atom stereocenters. The Hall–Kier alpha value is -2.40. The van der Waals surface area contributed by atoms with Crippen molar-refractivity contribution in [3.63, 3.8) is 0 Å². The van der Waals surface area contributed by atoms with E-state index in [0.29, 0.717) is 0 Å². The molecule has 1 amide bonds. The number of likely N-dealkylation sites (tertiary alicyclic amines) is 1. The zero-order valence-electron chi connectivity index (χ0n) is 14.1. The molecule has 0 saturated carbocycles. The lowest BCUT2D eigenvalue weighted by atomic mass is 10.1. The van der Waals surface area contributed by atoms with E-state index in [9.17, 15) is 4.79 Å². The van der Waals surface area contributed by atoms with Crippen molar-refractivity contribution in [1.82, 2.24) is 9.88 Å². The molecule has 0 bridgehead atoms. The normalized spacial score (nSPS) is 15.5. The van der Waals surface area contributed by atoms with Crippen LogP contribution in [0.4, 0.5) is 0 Å². The number of para-hydroxylation sites is 1. The average Bonchev–Trinajstić information content (AvgIpc) is 3.08. The molecular formula is C20H20N2O2S. The minimum atomic E-state index is 0.127. The van der Waals surface area contributed by atoms with Gasteiger partial charge in [0.2, 0.25) is 0 Å². The molecule has 4 nitrogen and oxygen atoms in total. The van der Waals surface area contributed by atoms with Crippen molar-refractivity contribution >= 4 is 28.1 Å². The summed E-state index contributed by atoms with van der Waals surface area (Å²) in [6.07, 6.45) is 3.61. The number of nitrogens with zero attached hydrogens (tertiary/aromatic N) is 2. The van der Waals surface area contributed by atoms with Gasteiger partial charge in [-0.1, -0.05) is 18.2 Å². The van der Waals surface area contributed by atoms with Crippen molar-refractivity contribution in [3.8, 4) is 5.75 Å². The van der Waals surface area contributed by atoms with Crippen LogP contribution in [-0.2, 0) is 0 Å². The number of aromatic nitrogens is 1. The summed E-state index contributed by atoms with van der Waals surface area (Å²) in [7, 11) is 0. The third-order valence-corrected chi connectivity index (χ3v) is 5.56. The molecule has 2 aromatic heterocycles. The minimum absolute atomic E-state index is 0.127. The van der Waals surface area contributed by atoms with Gasteiger partial charge >= 0.3 is 0 Å². The Bertz CT molecular complexity index is 892. The number of carbonyl (C=O) groups is 1. The third-order valence-electron chi connectivity index (χ3n) is 4.57. The van der Waals surface area contributed by atoms with Crippen LogP contribution in [0.2, 0.25) is 0 Å². The highest BCUT2D eigenvalue weighted by Gasteiger charge is 2.25. The van der Waals surface area contributed by atoms with E-state index in [2.05, 4.69) is 4.98 Å². The first-order chi connectivity index (χ1) is 12.2. The third kappa shape index (κ3) is 3.37. The van der Waals surface area contributed by atoms with Crippen LogP contribution in [-0.4, -0.2) is 35.0 Å². The van der Waals surface area contributed by atoms with Crippen molar-refractivity contribution in [2.45, 2.75) is 25.9 Å². The number of rotatable bonds is 3. The highest BCUT2D eigenvalue weighted by atomic mass is 32.1. The van der Waals surface area contributed by atoms with Gasteiger partial charge in [-0.3, -0.25) is 9.78 Å². The molecule has 4 rings (SSSR count). The van der Waals surface area contributed by atoms with E-state index < -0.39 is 0 Å². The molecular weight excluding hydrogens is 332 g/mol. The first kappa shape index (κ1) is 16.1. The number of hydrogen-bond acceptors (Lipinski definition) is 4. The number of pyridine rings is 1. The number of benzene rings is 1. The van der Waals surface area contributed by atoms with Gasteiger partial charge < -0.3 is 9.64 Å². The Morgan fingerprint density at radius 1 is 1.16 bits per heavy atom. The van der Waals surface area contributed by atoms with Gasteiger partial charge in [-0.15, -0.1) is 11.3 Å². The quantitative estimate of drug-likeness (QED) is 0.706. The van der Waals surface area contributed by atoms with Gasteiger partial charge in [-0.2, -0.15) is 0 Å². The van der Waals surface area contributed by atoms with Crippen LogP contribution in [0.15, 0.2) is 48.7 Å². The van der Waals surface area contributed by atoms with E-state index >= 15 is 0 Å². The number of carbonyl (C=O) groups excluding carboxylic acids is 1. The number of hydrogen-bond donors (Lipinski definition) is 0. The number of ether oxygens (including phenoxy) is 1. The summed E-state index contributed by atoms with van der Waals surface area (Å²) in [6.45, 7) is 3.50. The average molecular weight is 352 g/mol. The molecule has 0 spiro atoms. The second kappa shape index (κ2) is 6.84. The fourth-order valence-electron chi connectivity index (χ4n) is 3.23. The second-order valence-electron chi connectivity index (χ2n) is 6.35. The summed E-state index contributed by atoms with van der Waals surface area (Å²) < 4.78 is 6.21. The molecule has 1 fully saturated rings. The van der Waals surface area contributed by atoms with Gasteiger partial charge in [0.25, 0.3) is 5.91 Å². The number of fused-ring (bicyclic) bond motifs is 1. The van der Waals surface area contributed by atoms with Crippen LogP contribution in [0.1, 0.15) is 27.4 Å². The Morgan fingerprint density at radius 3 is 2.72 bits per heavy atom. The van der Waals surface area contributed by atoms with Crippen LogP contribution in [0.25, 0.3) is 10.9 Å². The van der Waals surface area contributed by atoms with Gasteiger partial charge in [0.1, 0.15) is 17.4 Å². The highest BCUT2D eigenvalue weighted by Crippen LogP contribution is 2.27. The predicted molar refractivity (Wildman–Crippen MR) is 100 cm³/mol. The zero-order chi connectivity index (χ0) is 17.2. The fourth-order valence-corrected chi connectivity index (χ4v) is 4.07. The molecule has 1 aliphatic rings. The standard InChI is InChI=1S/C20H20N2O2S/c1-14-7-8-18(25-14)20(23)22-12-9-16(10-13-22)24-17-6-2-4-15-5-3-11-21-19(15)17/h2-8,11,16H,9-10,12-13H2,1H3. The van der Waals surface area contributed by atoms with E-state index in [-0.39, 0.29) is 12.0 Å². The van der Waals surface area contributed by atoms with Gasteiger partial charge in [0.15, 0.2) is 0 Å². The molecule has 128 valence electrons. The minimum Gasteiger partial charge on any atom is -0.488 e. The van der Waals surface area contributed by atoms with Crippen LogP contribution in [0.5, 0.6) is 5.75 Å². The molecule has 0 unspecified atom stereocenters. The molecule has 3 heterocycles. The molecule has 0 aliphatic carbocycles. The van der Waals surface area contributed by atoms with Crippen molar-refractivity contribution in [1.29, 1.82) is 0 Å². The molecule has 1 aromatic carbocycles. The maximum absolute atomic E-state index is 12.5. The van der Waals surface area contributed by atoms with Crippen molar-refractivity contribution < 1.29 is 9.53 Å². The number of amides is 1. The first-order valence-electron chi connectivity index (χ1n) is 8.57. The molecule has 0 N–H and O–H groups in total. The van der Waals surface area contributed by atoms with Crippen molar-refractivity contribution in [3.05, 3.63) is 58.4 Å². The fraction of sp³-hybridized carbons (Fsp3) is 0.300. The highest BCUT2D eigenvalue weighted by molar-refractivity contribution is 7.13. The molecule has 1 aliphatic heterocycles. The second-order valence-corrected chi connectivity index (χ2v) is 7.64. The molecule has 1 saturated heterocycles. The van der Waals surface area contributed by atoms with Crippen molar-refractivity contribution in [2.24, 2.45) is 0 Å². The summed E-state index contributed by atoms with van der Waals surface area (Å²) in [5.74, 6) is 0.972. The Labute approximate surface area is 151 Å². The SMILES string of the molecule is Cc1ccc(C(=O)N2CCC(Oc3cccc4cccnc34)CC2)s1. The van der Waals surface area contributed by atoms with Gasteiger partial charge in [-0.25, -0.2) is 0 Å². The van der Waals surface area contributed by atoms with Crippen molar-refractivity contribution in [2.75, 3.05) is 13.1 Å². The molecule has 3 aromatic rings. The van der Waals surface area contributed by atoms with E-state index in [1.54, 1.807) is 17.5 Å². The topological polar surface area (TPSA) is 42.4 Å². The lowest BCUT2D eigenvalue weighted by Crippen LogP contribution is -2.41. The smallest absolute Gasteiger partial charge is 0.263 e.